The van der Waals surface area contributed by atoms with Gasteiger partial charge in [0.2, 0.25) is 0 Å². The zero-order chi connectivity index (χ0) is 22.3. The Morgan fingerprint density at radius 3 is 2.12 bits per heavy atom. The van der Waals surface area contributed by atoms with Crippen molar-refractivity contribution in [1.82, 2.24) is 20.0 Å². The summed E-state index contributed by atoms with van der Waals surface area (Å²) in [6.45, 7) is 1.12. The highest BCUT2D eigenvalue weighted by Gasteiger charge is 2.20. The Bertz CT molecular complexity index is 1140. The summed E-state index contributed by atoms with van der Waals surface area (Å²) in [5, 5.41) is 7.89. The van der Waals surface area contributed by atoms with Gasteiger partial charge in [-0.25, -0.2) is 0 Å². The first kappa shape index (κ1) is 21.5. The molecule has 32 heavy (non-hydrogen) atoms. The molecule has 1 amide bonds. The number of benzene rings is 3. The highest BCUT2D eigenvalue weighted by atomic mass is 16.1. The predicted molar refractivity (Wildman–Crippen MR) is 128 cm³/mol. The third-order valence-corrected chi connectivity index (χ3v) is 5.50. The second-order valence-electron chi connectivity index (χ2n) is 8.04. The van der Waals surface area contributed by atoms with E-state index in [0.29, 0.717) is 24.3 Å². The minimum atomic E-state index is -0.119. The highest BCUT2D eigenvalue weighted by Crippen LogP contribution is 2.23. The molecule has 0 radical (unpaired) electrons. The third kappa shape index (κ3) is 5.13. The lowest BCUT2D eigenvalue weighted by molar-refractivity contribution is 0.0942. The van der Waals surface area contributed by atoms with Gasteiger partial charge in [0.05, 0.1) is 18.2 Å². The van der Waals surface area contributed by atoms with Gasteiger partial charge in [0.25, 0.3) is 5.91 Å². The fraction of sp³-hybridized carbons (Fsp3) is 0.185. The van der Waals surface area contributed by atoms with Crippen molar-refractivity contribution in [3.05, 3.63) is 114 Å². The monoisotopic (exact) mass is 424 g/mol. The van der Waals surface area contributed by atoms with Crippen molar-refractivity contribution in [2.75, 3.05) is 20.6 Å². The Labute approximate surface area is 189 Å². The van der Waals surface area contributed by atoms with Crippen LogP contribution in [0.25, 0.3) is 11.3 Å². The normalized spacial score (nSPS) is 12.0. The van der Waals surface area contributed by atoms with Crippen LogP contribution >= 0.6 is 0 Å². The first-order chi connectivity index (χ1) is 15.6. The van der Waals surface area contributed by atoms with Crippen LogP contribution in [0.2, 0.25) is 0 Å². The predicted octanol–water partition coefficient (Wildman–Crippen LogP) is 4.63. The van der Waals surface area contributed by atoms with Gasteiger partial charge < -0.3 is 10.2 Å². The zero-order valence-corrected chi connectivity index (χ0v) is 18.5. The van der Waals surface area contributed by atoms with Crippen molar-refractivity contribution in [3.63, 3.8) is 0 Å². The molecule has 4 aromatic rings. The van der Waals surface area contributed by atoms with Gasteiger partial charge in [-0.15, -0.1) is 0 Å². The van der Waals surface area contributed by atoms with Gasteiger partial charge in [-0.05, 0) is 25.2 Å². The van der Waals surface area contributed by atoms with E-state index in [4.69, 9.17) is 5.10 Å². The zero-order valence-electron chi connectivity index (χ0n) is 18.5. The highest BCUT2D eigenvalue weighted by molar-refractivity contribution is 5.99. The fourth-order valence-corrected chi connectivity index (χ4v) is 3.81. The first-order valence-electron chi connectivity index (χ1n) is 10.8. The summed E-state index contributed by atoms with van der Waals surface area (Å²) >= 11 is 0. The van der Waals surface area contributed by atoms with Crippen molar-refractivity contribution in [2.45, 2.75) is 12.6 Å². The molecular weight excluding hydrogens is 396 g/mol. The quantitative estimate of drug-likeness (QED) is 0.449. The molecule has 0 saturated carbocycles. The molecule has 162 valence electrons. The molecule has 0 spiro atoms. The van der Waals surface area contributed by atoms with Gasteiger partial charge in [-0.2, -0.15) is 5.10 Å². The van der Waals surface area contributed by atoms with Gasteiger partial charge in [-0.3, -0.25) is 9.48 Å². The molecule has 0 aliphatic heterocycles. The van der Waals surface area contributed by atoms with Gasteiger partial charge in [-0.1, -0.05) is 91.0 Å². The molecule has 5 heteroatoms. The van der Waals surface area contributed by atoms with E-state index in [1.165, 1.54) is 5.56 Å². The van der Waals surface area contributed by atoms with E-state index >= 15 is 0 Å². The maximum atomic E-state index is 13.3. The second kappa shape index (κ2) is 10.1. The van der Waals surface area contributed by atoms with Crippen LogP contribution in [0, 0.1) is 0 Å². The molecule has 3 aromatic carbocycles. The molecule has 0 saturated heterocycles. The van der Waals surface area contributed by atoms with Gasteiger partial charge in [0.1, 0.15) is 5.69 Å². The van der Waals surface area contributed by atoms with Crippen LogP contribution in [-0.2, 0) is 6.54 Å². The van der Waals surface area contributed by atoms with Crippen molar-refractivity contribution < 1.29 is 4.79 Å². The lowest BCUT2D eigenvalue weighted by Crippen LogP contribution is -2.34. The molecule has 4 rings (SSSR count). The molecule has 0 aliphatic rings. The number of aromatic nitrogens is 2. The van der Waals surface area contributed by atoms with Gasteiger partial charge in [0.15, 0.2) is 0 Å². The van der Waals surface area contributed by atoms with E-state index in [-0.39, 0.29) is 11.9 Å². The summed E-state index contributed by atoms with van der Waals surface area (Å²) in [4.78, 5) is 15.4. The van der Waals surface area contributed by atoms with Crippen molar-refractivity contribution in [1.29, 1.82) is 0 Å². The summed E-state index contributed by atoms with van der Waals surface area (Å²) in [6.07, 6.45) is 1.85. The molecule has 1 heterocycles. The number of hydrogen-bond acceptors (Lipinski definition) is 3. The molecule has 0 fully saturated rings. The van der Waals surface area contributed by atoms with Crippen molar-refractivity contribution in [3.8, 4) is 11.3 Å². The van der Waals surface area contributed by atoms with E-state index in [1.807, 2.05) is 91.7 Å². The molecular formula is C27H28N4O. The number of nitrogens with zero attached hydrogens (tertiary/aromatic N) is 3. The minimum absolute atomic E-state index is 0.0830. The number of carbonyl (C=O) groups is 1. The SMILES string of the molecule is CN(C)C(CNC(=O)c1cn(Cc2ccccc2)nc1-c1ccccc1)c1ccccc1. The molecule has 0 aliphatic carbocycles. The van der Waals surface area contributed by atoms with Gasteiger partial charge in [0, 0.05) is 18.3 Å². The van der Waals surface area contributed by atoms with E-state index < -0.39 is 0 Å². The van der Waals surface area contributed by atoms with Crippen LogP contribution in [0.3, 0.4) is 0 Å². The summed E-state index contributed by atoms with van der Waals surface area (Å²) in [5.41, 5.74) is 4.51. The number of carbonyl (C=O) groups excluding carboxylic acids is 1. The number of hydrogen-bond donors (Lipinski definition) is 1. The van der Waals surface area contributed by atoms with Gasteiger partial charge >= 0.3 is 0 Å². The van der Waals surface area contributed by atoms with E-state index in [0.717, 1.165) is 11.1 Å². The number of amides is 1. The summed E-state index contributed by atoms with van der Waals surface area (Å²) < 4.78 is 1.84. The Hall–Kier alpha value is -3.70. The summed E-state index contributed by atoms with van der Waals surface area (Å²) in [5.74, 6) is -0.119. The Balaban J connectivity index is 1.58. The molecule has 1 N–H and O–H groups in total. The van der Waals surface area contributed by atoms with E-state index in [1.54, 1.807) is 0 Å². The Morgan fingerprint density at radius 2 is 1.50 bits per heavy atom. The Morgan fingerprint density at radius 1 is 0.906 bits per heavy atom. The van der Waals surface area contributed by atoms with Crippen LogP contribution in [-0.4, -0.2) is 41.2 Å². The fourth-order valence-electron chi connectivity index (χ4n) is 3.81. The maximum absolute atomic E-state index is 13.3. The number of likely N-dealkylation sites (N-methyl/N-ethyl adjacent to an activating group) is 1. The average Bonchev–Trinajstić information content (AvgIpc) is 3.25. The van der Waals surface area contributed by atoms with Crippen LogP contribution in [0.5, 0.6) is 0 Å². The molecule has 1 aromatic heterocycles. The number of rotatable bonds is 8. The van der Waals surface area contributed by atoms with Crippen LogP contribution in [0.4, 0.5) is 0 Å². The molecule has 0 bridgehead atoms. The standard InChI is InChI=1S/C27H28N4O/c1-30(2)25(22-14-8-4-9-15-22)18-28-27(32)24-20-31(19-21-12-6-3-7-13-21)29-26(24)23-16-10-5-11-17-23/h3-17,20,25H,18-19H2,1-2H3,(H,28,32). The summed E-state index contributed by atoms with van der Waals surface area (Å²) in [7, 11) is 4.05. The number of nitrogens with one attached hydrogen (secondary N) is 1. The maximum Gasteiger partial charge on any atom is 0.255 e. The van der Waals surface area contributed by atoms with Crippen LogP contribution in [0.15, 0.2) is 97.2 Å². The smallest absolute Gasteiger partial charge is 0.255 e. The van der Waals surface area contributed by atoms with Crippen molar-refractivity contribution >= 4 is 5.91 Å². The van der Waals surface area contributed by atoms with Crippen LogP contribution in [0.1, 0.15) is 27.5 Å². The summed E-state index contributed by atoms with van der Waals surface area (Å²) in [6, 6.07) is 30.3. The second-order valence-corrected chi connectivity index (χ2v) is 8.04. The first-order valence-corrected chi connectivity index (χ1v) is 10.8. The van der Waals surface area contributed by atoms with Crippen molar-refractivity contribution in [2.24, 2.45) is 0 Å². The largest absolute Gasteiger partial charge is 0.350 e. The molecule has 1 atom stereocenters. The van der Waals surface area contributed by atoms with Crippen LogP contribution < -0.4 is 5.32 Å². The molecule has 5 nitrogen and oxygen atoms in total. The average molecular weight is 425 g/mol. The van der Waals surface area contributed by atoms with E-state index in [2.05, 4.69) is 34.5 Å². The topological polar surface area (TPSA) is 50.2 Å². The third-order valence-electron chi connectivity index (χ3n) is 5.50. The molecule has 1 unspecified atom stereocenters. The Kier molecular flexibility index (Phi) is 6.78. The lowest BCUT2D eigenvalue weighted by atomic mass is 10.1. The van der Waals surface area contributed by atoms with E-state index in [9.17, 15) is 4.79 Å². The minimum Gasteiger partial charge on any atom is -0.350 e. The lowest BCUT2D eigenvalue weighted by Gasteiger charge is -2.25.